The summed E-state index contributed by atoms with van der Waals surface area (Å²) in [4.78, 5) is 67.8. The predicted molar refractivity (Wildman–Crippen MR) is 218 cm³/mol. The van der Waals surface area contributed by atoms with E-state index < -0.39 is 35.8 Å². The number of likely N-dealkylation sites (tertiary alicyclic amines) is 2. The van der Waals surface area contributed by atoms with Crippen LogP contribution in [0.4, 0.5) is 8.78 Å². The van der Waals surface area contributed by atoms with Gasteiger partial charge in [-0.25, -0.2) is 18.7 Å². The highest BCUT2D eigenvalue weighted by atomic mass is 19.1. The fourth-order valence-electron chi connectivity index (χ4n) is 8.17. The summed E-state index contributed by atoms with van der Waals surface area (Å²) < 4.78 is 33.5. The molecule has 0 bridgehead atoms. The molecule has 0 aliphatic carbocycles. The quantitative estimate of drug-likeness (QED) is 0.141. The molecule has 4 aromatic rings. The average Bonchev–Trinajstić information content (AvgIpc) is 4.00. The van der Waals surface area contributed by atoms with Gasteiger partial charge >= 0.3 is 0 Å². The van der Waals surface area contributed by atoms with Gasteiger partial charge in [0.05, 0.1) is 34.2 Å². The molecule has 0 spiro atoms. The molecule has 4 heterocycles. The molecular weight excluding hydrogens is 747 g/mol. The number of carbonyl (C=O) groups is 4. The second kappa shape index (κ2) is 17.9. The van der Waals surface area contributed by atoms with Crippen molar-refractivity contribution in [2.45, 2.75) is 117 Å². The zero-order valence-electron chi connectivity index (χ0n) is 34.8. The molecule has 0 unspecified atom stereocenters. The first-order chi connectivity index (χ1) is 27.6. The van der Waals surface area contributed by atoms with Crippen molar-refractivity contribution in [3.05, 3.63) is 48.0 Å². The number of amides is 4. The molecule has 2 fully saturated rings. The van der Waals surface area contributed by atoms with Gasteiger partial charge in [-0.05, 0) is 89.7 Å². The number of nitrogens with one attached hydrogen (secondary N) is 4. The van der Waals surface area contributed by atoms with Gasteiger partial charge in [-0.3, -0.25) is 19.2 Å². The molecule has 314 valence electrons. The molecule has 2 aliphatic heterocycles. The lowest BCUT2D eigenvalue weighted by molar-refractivity contribution is -0.139. The molecule has 2 saturated heterocycles. The van der Waals surface area contributed by atoms with Crippen LogP contribution in [0.15, 0.2) is 36.4 Å². The van der Waals surface area contributed by atoms with Crippen molar-refractivity contribution in [2.24, 2.45) is 11.8 Å². The Morgan fingerprint density at radius 3 is 1.38 bits per heavy atom. The van der Waals surface area contributed by atoms with E-state index in [2.05, 4.69) is 21.3 Å². The van der Waals surface area contributed by atoms with E-state index >= 15 is 0 Å². The fourth-order valence-corrected chi connectivity index (χ4v) is 8.17. The second-order valence-corrected chi connectivity index (χ2v) is 16.5. The minimum absolute atomic E-state index is 0.166. The number of aromatic nitrogens is 4. The van der Waals surface area contributed by atoms with Gasteiger partial charge in [0.1, 0.15) is 23.7 Å². The number of fused-ring (bicyclic) bond motifs is 2. The lowest BCUT2D eigenvalue weighted by Gasteiger charge is -2.32. The number of nitrogens with zero attached hydrogens (tertiary/aromatic N) is 6. The second-order valence-electron chi connectivity index (χ2n) is 16.5. The molecule has 58 heavy (non-hydrogen) atoms. The van der Waals surface area contributed by atoms with Crippen molar-refractivity contribution in [3.63, 3.8) is 0 Å². The minimum Gasteiger partial charge on any atom is -0.343 e. The average molecular weight is 805 g/mol. The van der Waals surface area contributed by atoms with Gasteiger partial charge in [-0.2, -0.15) is 0 Å². The molecule has 6 rings (SSSR count). The molecule has 4 amide bonds. The maximum absolute atomic E-state index is 14.8. The van der Waals surface area contributed by atoms with Crippen molar-refractivity contribution < 1.29 is 28.0 Å². The summed E-state index contributed by atoms with van der Waals surface area (Å²) in [5, 5.41) is 11.8. The van der Waals surface area contributed by atoms with Crippen molar-refractivity contribution in [3.8, 4) is 11.6 Å². The van der Waals surface area contributed by atoms with E-state index in [-0.39, 0.29) is 47.5 Å². The summed E-state index contributed by atoms with van der Waals surface area (Å²) >= 11 is 0. The number of carbonyl (C=O) groups excluding carboxylic acids is 4. The number of hydrogen-bond acceptors (Lipinski definition) is 8. The van der Waals surface area contributed by atoms with Crippen LogP contribution in [-0.2, 0) is 32.3 Å². The van der Waals surface area contributed by atoms with E-state index in [0.717, 1.165) is 12.8 Å². The smallest absolute Gasteiger partial charge is 0.245 e. The molecular formula is C42H58F2N10O4. The van der Waals surface area contributed by atoms with E-state index in [1.54, 1.807) is 40.1 Å². The van der Waals surface area contributed by atoms with Crippen molar-refractivity contribution in [2.75, 3.05) is 27.2 Å². The van der Waals surface area contributed by atoms with E-state index in [1.807, 2.05) is 46.6 Å². The first kappa shape index (κ1) is 42.6. The zero-order chi connectivity index (χ0) is 42.0. The van der Waals surface area contributed by atoms with Crippen LogP contribution < -0.4 is 21.3 Å². The van der Waals surface area contributed by atoms with Crippen molar-refractivity contribution in [1.82, 2.24) is 50.2 Å². The first-order valence-electron chi connectivity index (χ1n) is 20.5. The summed E-state index contributed by atoms with van der Waals surface area (Å²) in [5.74, 6) is -1.29. The predicted octanol–water partition coefficient (Wildman–Crippen LogP) is 3.81. The highest BCUT2D eigenvalue weighted by Gasteiger charge is 2.39. The van der Waals surface area contributed by atoms with E-state index in [4.69, 9.17) is 9.97 Å². The van der Waals surface area contributed by atoms with Crippen molar-refractivity contribution >= 4 is 45.7 Å². The summed E-state index contributed by atoms with van der Waals surface area (Å²) in [6, 6.07) is 5.82. The molecule has 2 aromatic heterocycles. The van der Waals surface area contributed by atoms with E-state index in [0.29, 0.717) is 72.7 Å². The molecule has 0 saturated carbocycles. The lowest BCUT2D eigenvalue weighted by Crippen LogP contribution is -2.55. The monoisotopic (exact) mass is 804 g/mol. The van der Waals surface area contributed by atoms with Gasteiger partial charge in [-0.1, -0.05) is 27.7 Å². The maximum atomic E-state index is 14.8. The van der Waals surface area contributed by atoms with Crippen LogP contribution in [0.5, 0.6) is 0 Å². The third-order valence-electron chi connectivity index (χ3n) is 11.8. The van der Waals surface area contributed by atoms with Gasteiger partial charge < -0.3 is 40.2 Å². The SMILES string of the molecule is CN[C@H](C)C(=O)N[C@@H](C(=O)N1CCC[C@H]1Cn1c(-c2nc3cc(F)ccc3n2C[C@@H]2CCCN2C(=O)[C@H](NC(=O)[C@@H](C)NC)C(C)C)nc2cc(F)ccc21)C(C)C. The number of halogens is 2. The largest absolute Gasteiger partial charge is 0.343 e. The topological polar surface area (TPSA) is 159 Å². The van der Waals surface area contributed by atoms with Crippen molar-refractivity contribution in [1.29, 1.82) is 0 Å². The van der Waals surface area contributed by atoms with Crippen LogP contribution in [0, 0.1) is 23.5 Å². The maximum Gasteiger partial charge on any atom is 0.245 e. The van der Waals surface area contributed by atoms with E-state index in [9.17, 15) is 28.0 Å². The zero-order valence-corrected chi connectivity index (χ0v) is 34.8. The Morgan fingerprint density at radius 1 is 0.655 bits per heavy atom. The van der Waals surface area contributed by atoms with Crippen LogP contribution in [0.3, 0.4) is 0 Å². The number of rotatable bonds is 15. The van der Waals surface area contributed by atoms with Gasteiger partial charge in [-0.15, -0.1) is 0 Å². The normalized spacial score (nSPS) is 19.3. The highest BCUT2D eigenvalue weighted by molar-refractivity contribution is 5.91. The molecule has 16 heteroatoms. The van der Waals surface area contributed by atoms with Crippen LogP contribution in [-0.4, -0.2) is 116 Å². The van der Waals surface area contributed by atoms with Gasteiger partial charge in [0.15, 0.2) is 11.6 Å². The fraction of sp³-hybridized carbons (Fsp3) is 0.571. The Bertz CT molecular complexity index is 2000. The number of likely N-dealkylation sites (N-methyl/N-ethyl adjacent to an activating group) is 2. The Morgan fingerprint density at radius 2 is 1.03 bits per heavy atom. The molecule has 6 atom stereocenters. The van der Waals surface area contributed by atoms with Crippen LogP contribution in [0.2, 0.25) is 0 Å². The highest BCUT2D eigenvalue weighted by Crippen LogP contribution is 2.33. The Kier molecular flexibility index (Phi) is 13.2. The third kappa shape index (κ3) is 8.72. The molecule has 2 aromatic carbocycles. The third-order valence-corrected chi connectivity index (χ3v) is 11.8. The van der Waals surface area contributed by atoms with Gasteiger partial charge in [0.25, 0.3) is 0 Å². The Balaban J connectivity index is 1.38. The molecule has 2 aliphatic rings. The van der Waals surface area contributed by atoms with E-state index in [1.165, 1.54) is 24.3 Å². The summed E-state index contributed by atoms with van der Waals surface area (Å²) in [6.45, 7) is 12.7. The summed E-state index contributed by atoms with van der Waals surface area (Å²) in [6.07, 6.45) is 2.90. The first-order valence-corrected chi connectivity index (χ1v) is 20.5. The van der Waals surface area contributed by atoms with Gasteiger partial charge in [0.2, 0.25) is 23.6 Å². The summed E-state index contributed by atoms with van der Waals surface area (Å²) in [5.41, 5.74) is 2.07. The Labute approximate surface area is 338 Å². The standard InChI is InChI=1S/C42H58F2N10O4/c1-23(2)35(49-39(55)25(5)45-7)41(57)51-17-9-11-29(51)21-53-33-15-13-27(43)19-31(33)47-37(53)38-48-32-20-28(44)14-16-34(32)54(38)22-30-12-10-18-52(30)42(58)36(24(3)4)50-40(56)26(6)46-8/h13-16,19-20,23-26,29-30,35-36,45-46H,9-12,17-18,21-22H2,1-8H3,(H,49,55)(H,50,56)/t25-,26-,29+,30+,35-,36-/m1/s1. The molecule has 0 radical (unpaired) electrons. The Hall–Kier alpha value is -4.96. The van der Waals surface area contributed by atoms with Gasteiger partial charge in [0, 0.05) is 50.4 Å². The summed E-state index contributed by atoms with van der Waals surface area (Å²) in [7, 11) is 3.38. The number of hydrogen-bond donors (Lipinski definition) is 4. The molecule has 4 N–H and O–H groups in total. The number of imidazole rings is 2. The van der Waals surface area contributed by atoms with Crippen LogP contribution in [0.25, 0.3) is 33.7 Å². The lowest BCUT2D eigenvalue weighted by atomic mass is 10.0. The minimum atomic E-state index is -0.733. The number of benzene rings is 2. The molecule has 14 nitrogen and oxygen atoms in total. The van der Waals surface area contributed by atoms with Crippen LogP contribution >= 0.6 is 0 Å². The van der Waals surface area contributed by atoms with Crippen LogP contribution in [0.1, 0.15) is 67.2 Å².